The van der Waals surface area contributed by atoms with Crippen LogP contribution in [-0.2, 0) is 20.7 Å². The Morgan fingerprint density at radius 3 is 2.46 bits per heavy atom. The van der Waals surface area contributed by atoms with Gasteiger partial charge in [-0.25, -0.2) is 9.59 Å². The van der Waals surface area contributed by atoms with Crippen LogP contribution in [0.4, 0.5) is 11.4 Å². The van der Waals surface area contributed by atoms with Crippen molar-refractivity contribution >= 4 is 29.4 Å². The number of anilines is 2. The van der Waals surface area contributed by atoms with Gasteiger partial charge in [0.15, 0.2) is 0 Å². The van der Waals surface area contributed by atoms with Gasteiger partial charge in [0.05, 0.1) is 12.2 Å². The number of nitrogens with two attached hydrogens (primary N) is 2. The van der Waals surface area contributed by atoms with E-state index in [-0.39, 0.29) is 18.7 Å². The smallest absolute Gasteiger partial charge is 0.338 e. The third kappa shape index (κ3) is 9.79. The zero-order chi connectivity index (χ0) is 26.5. The summed E-state index contributed by atoms with van der Waals surface area (Å²) >= 11 is 0. The molecule has 37 heavy (non-hydrogen) atoms. The van der Waals surface area contributed by atoms with Gasteiger partial charge < -0.3 is 20.9 Å². The van der Waals surface area contributed by atoms with Crippen molar-refractivity contribution in [2.24, 2.45) is 5.92 Å². The highest BCUT2D eigenvalue weighted by molar-refractivity contribution is 5.90. The number of hydrogen-bond acceptors (Lipinski definition) is 6. The number of carbonyl (C=O) groups is 2. The van der Waals surface area contributed by atoms with Gasteiger partial charge in [0, 0.05) is 23.9 Å². The van der Waals surface area contributed by atoms with Gasteiger partial charge >= 0.3 is 11.9 Å². The van der Waals surface area contributed by atoms with Crippen LogP contribution in [0, 0.1) is 5.92 Å². The second-order valence-corrected chi connectivity index (χ2v) is 9.81. The number of carbonyl (C=O) groups excluding carboxylic acids is 2. The molecule has 1 fully saturated rings. The summed E-state index contributed by atoms with van der Waals surface area (Å²) in [7, 11) is 0. The Hall–Kier alpha value is -3.54. The van der Waals surface area contributed by atoms with Crippen LogP contribution >= 0.6 is 0 Å². The molecule has 0 unspecified atom stereocenters. The molecule has 0 atom stereocenters. The maximum Gasteiger partial charge on any atom is 0.338 e. The van der Waals surface area contributed by atoms with Crippen molar-refractivity contribution in [1.29, 1.82) is 0 Å². The first-order valence-corrected chi connectivity index (χ1v) is 13.3. The molecule has 3 rings (SSSR count). The van der Waals surface area contributed by atoms with Crippen LogP contribution < -0.4 is 11.5 Å². The fourth-order valence-electron chi connectivity index (χ4n) is 4.70. The second kappa shape index (κ2) is 14.9. The molecule has 4 N–H and O–H groups in total. The van der Waals surface area contributed by atoms with Gasteiger partial charge in [-0.3, -0.25) is 0 Å². The van der Waals surface area contributed by atoms with E-state index in [2.05, 4.69) is 6.58 Å². The largest absolute Gasteiger partial charge is 0.462 e. The number of unbranched alkanes of at least 4 members (excludes halogenated alkanes) is 3. The first-order valence-electron chi connectivity index (χ1n) is 13.3. The number of rotatable bonds is 13. The Morgan fingerprint density at radius 1 is 0.973 bits per heavy atom. The lowest BCUT2D eigenvalue weighted by atomic mass is 9.84. The molecule has 2 aromatic rings. The lowest BCUT2D eigenvalue weighted by Gasteiger charge is -2.28. The van der Waals surface area contributed by atoms with Crippen LogP contribution in [0.2, 0.25) is 0 Å². The van der Waals surface area contributed by atoms with E-state index in [0.717, 1.165) is 49.1 Å². The summed E-state index contributed by atoms with van der Waals surface area (Å²) in [5.74, 6) is 0.0219. The van der Waals surface area contributed by atoms with E-state index < -0.39 is 5.97 Å². The van der Waals surface area contributed by atoms with E-state index in [9.17, 15) is 9.59 Å². The van der Waals surface area contributed by atoms with E-state index >= 15 is 0 Å². The maximum atomic E-state index is 12.6. The van der Waals surface area contributed by atoms with Gasteiger partial charge in [-0.05, 0) is 92.0 Å². The van der Waals surface area contributed by atoms with Crippen molar-refractivity contribution in [3.8, 4) is 0 Å². The zero-order valence-electron chi connectivity index (χ0n) is 21.7. The fraction of sp³-hybridized carbons (Fsp3) is 0.419. The third-order valence-corrected chi connectivity index (χ3v) is 6.93. The molecule has 1 aliphatic carbocycles. The molecule has 0 aromatic heterocycles. The molecular formula is C31H40N2O4. The summed E-state index contributed by atoms with van der Waals surface area (Å²) in [5, 5.41) is 0. The van der Waals surface area contributed by atoms with Gasteiger partial charge in [0.25, 0.3) is 0 Å². The van der Waals surface area contributed by atoms with Crippen molar-refractivity contribution in [2.75, 3.05) is 18.1 Å². The molecule has 198 valence electrons. The predicted octanol–water partition coefficient (Wildman–Crippen LogP) is 6.50. The molecule has 6 nitrogen and oxygen atoms in total. The Balaban J connectivity index is 1.36. The normalized spacial score (nSPS) is 17.4. The average molecular weight is 505 g/mol. The van der Waals surface area contributed by atoms with Crippen LogP contribution in [0.5, 0.6) is 0 Å². The Kier molecular flexibility index (Phi) is 11.3. The van der Waals surface area contributed by atoms with Crippen molar-refractivity contribution in [1.82, 2.24) is 0 Å². The quantitative estimate of drug-likeness (QED) is 0.106. The monoisotopic (exact) mass is 504 g/mol. The van der Waals surface area contributed by atoms with E-state index in [4.69, 9.17) is 20.9 Å². The molecule has 0 spiro atoms. The number of ether oxygens (including phenoxy) is 2. The number of esters is 2. The van der Waals surface area contributed by atoms with Crippen LogP contribution in [0.1, 0.15) is 79.3 Å². The fourth-order valence-corrected chi connectivity index (χ4v) is 4.70. The van der Waals surface area contributed by atoms with Gasteiger partial charge in [-0.15, -0.1) is 6.58 Å². The molecule has 0 radical (unpaired) electrons. The third-order valence-electron chi connectivity index (χ3n) is 6.93. The van der Waals surface area contributed by atoms with Gasteiger partial charge in [0.1, 0.15) is 6.10 Å². The molecule has 6 heteroatoms. The topological polar surface area (TPSA) is 105 Å². The van der Waals surface area contributed by atoms with Crippen molar-refractivity contribution in [3.05, 3.63) is 77.9 Å². The highest BCUT2D eigenvalue weighted by Crippen LogP contribution is 2.30. The number of hydrogen-bond donors (Lipinski definition) is 2. The Bertz CT molecular complexity index is 1050. The van der Waals surface area contributed by atoms with Crippen molar-refractivity contribution in [2.45, 2.75) is 70.3 Å². The average Bonchev–Trinajstić information content (AvgIpc) is 2.90. The van der Waals surface area contributed by atoms with Crippen LogP contribution in [0.25, 0.3) is 6.08 Å². The summed E-state index contributed by atoms with van der Waals surface area (Å²) < 4.78 is 11.0. The van der Waals surface area contributed by atoms with E-state index in [1.54, 1.807) is 48.5 Å². The number of allylic oxidation sites excluding steroid dienone is 1. The molecule has 2 aromatic carbocycles. The minimum atomic E-state index is -0.446. The van der Waals surface area contributed by atoms with E-state index in [1.165, 1.54) is 31.8 Å². The van der Waals surface area contributed by atoms with Crippen LogP contribution in [-0.4, -0.2) is 24.6 Å². The number of benzene rings is 2. The van der Waals surface area contributed by atoms with Gasteiger partial charge in [-0.2, -0.15) is 0 Å². The molecule has 0 bridgehead atoms. The molecule has 0 aliphatic heterocycles. The molecule has 1 aliphatic rings. The molecular weight excluding hydrogens is 464 g/mol. The lowest BCUT2D eigenvalue weighted by Crippen LogP contribution is -2.24. The molecule has 1 saturated carbocycles. The highest BCUT2D eigenvalue weighted by atomic mass is 16.5. The molecule has 0 amide bonds. The zero-order valence-corrected chi connectivity index (χ0v) is 21.7. The lowest BCUT2D eigenvalue weighted by molar-refractivity contribution is -0.137. The maximum absolute atomic E-state index is 12.6. The van der Waals surface area contributed by atoms with Gasteiger partial charge in [0.2, 0.25) is 0 Å². The van der Waals surface area contributed by atoms with Crippen molar-refractivity contribution < 1.29 is 19.1 Å². The highest BCUT2D eigenvalue weighted by Gasteiger charge is 2.24. The van der Waals surface area contributed by atoms with Crippen LogP contribution in [0.3, 0.4) is 0 Å². The minimum absolute atomic E-state index is 0.00142. The Morgan fingerprint density at radius 2 is 1.73 bits per heavy atom. The summed E-state index contributed by atoms with van der Waals surface area (Å²) in [6.45, 7) is 3.98. The summed E-state index contributed by atoms with van der Waals surface area (Å²) in [4.78, 5) is 24.6. The van der Waals surface area contributed by atoms with E-state index in [0.29, 0.717) is 23.4 Å². The van der Waals surface area contributed by atoms with Gasteiger partial charge in [-0.1, -0.05) is 37.5 Å². The van der Waals surface area contributed by atoms with Crippen molar-refractivity contribution in [3.63, 3.8) is 0 Å². The standard InChI is InChI=1S/C31H40N2O4/c1-2-3-4-5-6-7-23-10-16-28(17-11-23)37-31(35)25-13-8-24(9-14-25)12-19-30(34)36-21-20-26-22-27(32)15-18-29(26)33/h2,8-9,12-15,18-19,22-23,28H,1,3-7,10-11,16-17,20-21,32-33H2. The molecule has 0 heterocycles. The summed E-state index contributed by atoms with van der Waals surface area (Å²) in [5.41, 5.74) is 15.1. The summed E-state index contributed by atoms with van der Waals surface area (Å²) in [6, 6.07) is 12.3. The SMILES string of the molecule is C=CCCCCCC1CCC(OC(=O)c2ccc(C=CC(=O)OCCc3cc(N)ccc3N)cc2)CC1. The Labute approximate surface area is 220 Å². The minimum Gasteiger partial charge on any atom is -0.462 e. The first kappa shape index (κ1) is 28.0. The first-order chi connectivity index (χ1) is 17.9. The van der Waals surface area contributed by atoms with E-state index in [1.807, 2.05) is 6.08 Å². The molecule has 0 saturated heterocycles. The number of nitrogen functional groups attached to an aromatic ring is 2. The summed E-state index contributed by atoms with van der Waals surface area (Å²) in [6.07, 6.45) is 15.8. The second-order valence-electron chi connectivity index (χ2n) is 9.81. The predicted molar refractivity (Wildman–Crippen MR) is 150 cm³/mol. The van der Waals surface area contributed by atoms with Crippen LogP contribution in [0.15, 0.2) is 61.2 Å².